The van der Waals surface area contributed by atoms with E-state index in [1.54, 1.807) is 43.0 Å². The molecule has 3 aromatic rings. The molecular formula is C22H24N4O2. The molecule has 0 saturated heterocycles. The minimum absolute atomic E-state index is 0.0976. The highest BCUT2D eigenvalue weighted by molar-refractivity contribution is 5.86. The number of carbonyl (C=O) groups is 1. The summed E-state index contributed by atoms with van der Waals surface area (Å²) < 4.78 is 0. The first kappa shape index (κ1) is 19.5. The molecule has 1 unspecified atom stereocenters. The maximum Gasteiger partial charge on any atom is 0.242 e. The number of primary amides is 1. The number of carbonyl (C=O) groups excluding carboxylic acids is 1. The number of nitrogens with zero attached hydrogens (tertiary/aromatic N) is 2. The molecule has 6 nitrogen and oxygen atoms in total. The van der Waals surface area contributed by atoms with Gasteiger partial charge < -0.3 is 10.8 Å². The van der Waals surface area contributed by atoms with Crippen LogP contribution in [0.15, 0.2) is 73.3 Å². The Balaban J connectivity index is 1.85. The van der Waals surface area contributed by atoms with Gasteiger partial charge >= 0.3 is 0 Å². The van der Waals surface area contributed by atoms with Gasteiger partial charge in [0.25, 0.3) is 0 Å². The third kappa shape index (κ3) is 4.72. The molecule has 0 aliphatic rings. The predicted octanol–water partition coefficient (Wildman–Crippen LogP) is 2.33. The maximum absolute atomic E-state index is 12.6. The number of pyridine rings is 2. The summed E-state index contributed by atoms with van der Waals surface area (Å²) in [6.45, 7) is 0.551. The Morgan fingerprint density at radius 2 is 1.82 bits per heavy atom. The molecule has 2 heterocycles. The zero-order chi connectivity index (χ0) is 19.8. The first-order chi connectivity index (χ1) is 13.6. The molecule has 144 valence electrons. The van der Waals surface area contributed by atoms with Crippen LogP contribution in [0.5, 0.6) is 5.75 Å². The lowest BCUT2D eigenvalue weighted by Crippen LogP contribution is -2.53. The van der Waals surface area contributed by atoms with Crippen LogP contribution < -0.4 is 11.1 Å². The van der Waals surface area contributed by atoms with Crippen molar-refractivity contribution in [2.75, 3.05) is 6.54 Å². The predicted molar refractivity (Wildman–Crippen MR) is 107 cm³/mol. The molecule has 0 spiro atoms. The van der Waals surface area contributed by atoms with E-state index in [2.05, 4.69) is 15.3 Å². The normalized spacial score (nSPS) is 13.0. The molecule has 28 heavy (non-hydrogen) atoms. The number of rotatable bonds is 9. The minimum atomic E-state index is -1.10. The van der Waals surface area contributed by atoms with Gasteiger partial charge in [-0.3, -0.25) is 20.1 Å². The molecule has 1 aromatic carbocycles. The molecule has 1 atom stereocenters. The lowest BCUT2D eigenvalue weighted by atomic mass is 9.83. The van der Waals surface area contributed by atoms with Gasteiger partial charge in [-0.1, -0.05) is 18.2 Å². The van der Waals surface area contributed by atoms with Crippen LogP contribution in [-0.4, -0.2) is 27.5 Å². The second-order valence-corrected chi connectivity index (χ2v) is 6.71. The number of hydrogen-bond donors (Lipinski definition) is 3. The van der Waals surface area contributed by atoms with Crippen LogP contribution in [0.1, 0.15) is 23.1 Å². The third-order valence-corrected chi connectivity index (χ3v) is 4.86. The summed E-state index contributed by atoms with van der Waals surface area (Å²) in [6, 6.07) is 14.4. The first-order valence-corrected chi connectivity index (χ1v) is 9.22. The molecule has 4 N–H and O–H groups in total. The molecule has 0 radical (unpaired) electrons. The number of benzene rings is 1. The van der Waals surface area contributed by atoms with Gasteiger partial charge in [0.2, 0.25) is 5.91 Å². The van der Waals surface area contributed by atoms with Gasteiger partial charge in [0.1, 0.15) is 11.3 Å². The van der Waals surface area contributed by atoms with Crippen LogP contribution in [0, 0.1) is 0 Å². The van der Waals surface area contributed by atoms with Gasteiger partial charge in [-0.15, -0.1) is 0 Å². The van der Waals surface area contributed by atoms with Crippen molar-refractivity contribution in [2.45, 2.75) is 24.8 Å². The Bertz CT molecular complexity index is 903. The van der Waals surface area contributed by atoms with Crippen molar-refractivity contribution < 1.29 is 9.90 Å². The van der Waals surface area contributed by atoms with Gasteiger partial charge in [-0.05, 0) is 66.3 Å². The Morgan fingerprint density at radius 3 is 2.50 bits per heavy atom. The standard InChI is InChI=1S/C22H24N4O2/c23-21(28)22(19-4-1-5-20(27)15-19,10-6-18-3-2-11-25-16-18)26-14-9-17-7-12-24-13-8-17/h1-5,7-8,11-13,15-16,26-27H,6,9-10,14H2,(H2,23,28). The number of nitrogens with two attached hydrogens (primary N) is 1. The van der Waals surface area contributed by atoms with Crippen LogP contribution in [0.2, 0.25) is 0 Å². The van der Waals surface area contributed by atoms with Crippen molar-refractivity contribution in [2.24, 2.45) is 5.73 Å². The Hall–Kier alpha value is -3.25. The summed E-state index contributed by atoms with van der Waals surface area (Å²) in [4.78, 5) is 20.8. The lowest BCUT2D eigenvalue weighted by molar-refractivity contribution is -0.125. The fraction of sp³-hybridized carbons (Fsp3) is 0.227. The monoisotopic (exact) mass is 376 g/mol. The van der Waals surface area contributed by atoms with E-state index in [1.807, 2.05) is 30.3 Å². The molecule has 0 aliphatic carbocycles. The van der Waals surface area contributed by atoms with Gasteiger partial charge in [-0.25, -0.2) is 0 Å². The smallest absolute Gasteiger partial charge is 0.242 e. The highest BCUT2D eigenvalue weighted by Crippen LogP contribution is 2.29. The average Bonchev–Trinajstić information content (AvgIpc) is 2.72. The maximum atomic E-state index is 12.6. The van der Waals surface area contributed by atoms with E-state index in [9.17, 15) is 9.90 Å². The second-order valence-electron chi connectivity index (χ2n) is 6.71. The molecule has 0 bridgehead atoms. The largest absolute Gasteiger partial charge is 0.508 e. The summed E-state index contributed by atoms with van der Waals surface area (Å²) in [5.74, 6) is -0.378. The average molecular weight is 376 g/mol. The van der Waals surface area contributed by atoms with Crippen LogP contribution >= 0.6 is 0 Å². The van der Waals surface area contributed by atoms with Crippen LogP contribution in [0.25, 0.3) is 0 Å². The number of aromatic hydroxyl groups is 1. The van der Waals surface area contributed by atoms with Gasteiger partial charge in [0.05, 0.1) is 0 Å². The second kappa shape index (κ2) is 9.10. The summed E-state index contributed by atoms with van der Waals surface area (Å²) in [6.07, 6.45) is 8.78. The number of phenolic OH excluding ortho intramolecular Hbond substituents is 1. The van der Waals surface area contributed by atoms with Crippen LogP contribution in [0.3, 0.4) is 0 Å². The molecule has 0 saturated carbocycles. The van der Waals surface area contributed by atoms with E-state index in [1.165, 1.54) is 0 Å². The van der Waals surface area contributed by atoms with Crippen LogP contribution in [0.4, 0.5) is 0 Å². The fourth-order valence-corrected chi connectivity index (χ4v) is 3.31. The summed E-state index contributed by atoms with van der Waals surface area (Å²) in [5, 5.41) is 13.3. The first-order valence-electron chi connectivity index (χ1n) is 9.22. The molecule has 2 aromatic heterocycles. The van der Waals surface area contributed by atoms with Crippen LogP contribution in [-0.2, 0) is 23.2 Å². The number of amides is 1. The van der Waals surface area contributed by atoms with Crippen molar-refractivity contribution >= 4 is 5.91 Å². The highest BCUT2D eigenvalue weighted by atomic mass is 16.3. The van der Waals surface area contributed by atoms with E-state index < -0.39 is 11.4 Å². The van der Waals surface area contributed by atoms with E-state index in [-0.39, 0.29) is 5.75 Å². The Morgan fingerprint density at radius 1 is 1.00 bits per heavy atom. The van der Waals surface area contributed by atoms with Crippen molar-refractivity contribution in [3.8, 4) is 5.75 Å². The number of aromatic nitrogens is 2. The molecular weight excluding hydrogens is 352 g/mol. The van der Waals surface area contributed by atoms with Crippen molar-refractivity contribution in [1.29, 1.82) is 0 Å². The highest BCUT2D eigenvalue weighted by Gasteiger charge is 2.38. The van der Waals surface area contributed by atoms with Crippen molar-refractivity contribution in [3.63, 3.8) is 0 Å². The van der Waals surface area contributed by atoms with Gasteiger partial charge in [0.15, 0.2) is 0 Å². The molecule has 3 rings (SSSR count). The summed E-state index contributed by atoms with van der Waals surface area (Å²) in [5.41, 5.74) is 7.58. The van der Waals surface area contributed by atoms with E-state index >= 15 is 0 Å². The quantitative estimate of drug-likeness (QED) is 0.532. The number of hydrogen-bond acceptors (Lipinski definition) is 5. The topological polar surface area (TPSA) is 101 Å². The van der Waals surface area contributed by atoms with Gasteiger partial charge in [0, 0.05) is 31.3 Å². The lowest BCUT2D eigenvalue weighted by Gasteiger charge is -2.33. The summed E-state index contributed by atoms with van der Waals surface area (Å²) >= 11 is 0. The number of aryl methyl sites for hydroxylation is 1. The third-order valence-electron chi connectivity index (χ3n) is 4.86. The van der Waals surface area contributed by atoms with E-state index in [0.29, 0.717) is 24.9 Å². The zero-order valence-electron chi connectivity index (χ0n) is 15.6. The minimum Gasteiger partial charge on any atom is -0.508 e. The molecule has 1 amide bonds. The van der Waals surface area contributed by atoms with E-state index in [0.717, 1.165) is 17.5 Å². The SMILES string of the molecule is NC(=O)C(CCc1cccnc1)(NCCc1ccncc1)c1cccc(O)c1. The van der Waals surface area contributed by atoms with Crippen molar-refractivity contribution in [1.82, 2.24) is 15.3 Å². The Labute approximate surface area is 164 Å². The molecule has 6 heteroatoms. The van der Waals surface area contributed by atoms with E-state index in [4.69, 9.17) is 5.73 Å². The summed E-state index contributed by atoms with van der Waals surface area (Å²) in [7, 11) is 0. The number of nitrogens with one attached hydrogen (secondary N) is 1. The van der Waals surface area contributed by atoms with Gasteiger partial charge in [-0.2, -0.15) is 0 Å². The molecule has 0 fully saturated rings. The Kier molecular flexibility index (Phi) is 6.34. The zero-order valence-corrected chi connectivity index (χ0v) is 15.6. The molecule has 0 aliphatic heterocycles. The number of phenols is 1. The van der Waals surface area contributed by atoms with Crippen molar-refractivity contribution in [3.05, 3.63) is 90.0 Å². The fourth-order valence-electron chi connectivity index (χ4n) is 3.31.